The van der Waals surface area contributed by atoms with Crippen LogP contribution in [0.4, 0.5) is 0 Å². The maximum Gasteiger partial charge on any atom is 0.126 e. The minimum atomic E-state index is 0.604. The van der Waals surface area contributed by atoms with E-state index in [2.05, 4.69) is 5.92 Å². The number of rotatable bonds is 7. The number of ether oxygens (including phenoxy) is 2. The van der Waals surface area contributed by atoms with Gasteiger partial charge in [0.25, 0.3) is 0 Å². The third-order valence-corrected chi connectivity index (χ3v) is 2.41. The SMILES string of the molecule is C#CCCCOc1cc(OC)ccc1CCN. The molecule has 0 saturated carbocycles. The van der Waals surface area contributed by atoms with Crippen LogP contribution in [0.1, 0.15) is 18.4 Å². The van der Waals surface area contributed by atoms with E-state index in [1.165, 1.54) is 0 Å². The molecular formula is C14H19NO2. The van der Waals surface area contributed by atoms with Gasteiger partial charge in [-0.3, -0.25) is 0 Å². The lowest BCUT2D eigenvalue weighted by Crippen LogP contribution is -2.06. The van der Waals surface area contributed by atoms with Crippen LogP contribution in [-0.4, -0.2) is 20.3 Å². The van der Waals surface area contributed by atoms with Gasteiger partial charge in [-0.25, -0.2) is 0 Å². The van der Waals surface area contributed by atoms with Crippen molar-refractivity contribution >= 4 is 0 Å². The van der Waals surface area contributed by atoms with Gasteiger partial charge in [0.05, 0.1) is 13.7 Å². The highest BCUT2D eigenvalue weighted by Crippen LogP contribution is 2.25. The quantitative estimate of drug-likeness (QED) is 0.578. The summed E-state index contributed by atoms with van der Waals surface area (Å²) < 4.78 is 10.9. The molecule has 92 valence electrons. The molecule has 0 amide bonds. The van der Waals surface area contributed by atoms with E-state index < -0.39 is 0 Å². The van der Waals surface area contributed by atoms with Gasteiger partial charge in [0.1, 0.15) is 11.5 Å². The molecule has 3 nitrogen and oxygen atoms in total. The van der Waals surface area contributed by atoms with Crippen molar-refractivity contribution in [3.05, 3.63) is 23.8 Å². The van der Waals surface area contributed by atoms with Crippen LogP contribution in [0, 0.1) is 12.3 Å². The van der Waals surface area contributed by atoms with E-state index >= 15 is 0 Å². The number of benzene rings is 1. The molecule has 0 aromatic heterocycles. The average Bonchev–Trinajstić information content (AvgIpc) is 2.36. The smallest absolute Gasteiger partial charge is 0.126 e. The summed E-state index contributed by atoms with van der Waals surface area (Å²) in [6, 6.07) is 5.79. The summed E-state index contributed by atoms with van der Waals surface area (Å²) in [7, 11) is 1.64. The molecule has 0 fully saturated rings. The fourth-order valence-electron chi connectivity index (χ4n) is 1.51. The second-order valence-electron chi connectivity index (χ2n) is 3.67. The van der Waals surface area contributed by atoms with Crippen molar-refractivity contribution in [1.29, 1.82) is 0 Å². The molecule has 1 aromatic carbocycles. The van der Waals surface area contributed by atoms with Crippen molar-refractivity contribution in [3.63, 3.8) is 0 Å². The molecule has 0 aliphatic heterocycles. The van der Waals surface area contributed by atoms with Crippen LogP contribution in [0.5, 0.6) is 11.5 Å². The zero-order chi connectivity index (χ0) is 12.5. The molecule has 17 heavy (non-hydrogen) atoms. The fourth-order valence-corrected chi connectivity index (χ4v) is 1.51. The van der Waals surface area contributed by atoms with E-state index in [0.29, 0.717) is 13.2 Å². The molecule has 1 aromatic rings. The van der Waals surface area contributed by atoms with Gasteiger partial charge in [-0.2, -0.15) is 0 Å². The molecule has 0 heterocycles. The highest BCUT2D eigenvalue weighted by molar-refractivity contribution is 5.40. The third kappa shape index (κ3) is 4.38. The van der Waals surface area contributed by atoms with Crippen LogP contribution in [0.15, 0.2) is 18.2 Å². The Morgan fingerprint density at radius 3 is 2.88 bits per heavy atom. The minimum Gasteiger partial charge on any atom is -0.497 e. The largest absolute Gasteiger partial charge is 0.497 e. The van der Waals surface area contributed by atoms with Crippen LogP contribution in [0.25, 0.3) is 0 Å². The Bertz CT molecular complexity index is 382. The Hall–Kier alpha value is -1.66. The van der Waals surface area contributed by atoms with E-state index in [9.17, 15) is 0 Å². The Labute approximate surface area is 103 Å². The average molecular weight is 233 g/mol. The molecule has 1 rings (SSSR count). The monoisotopic (exact) mass is 233 g/mol. The first kappa shape index (κ1) is 13.4. The molecule has 0 spiro atoms. The van der Waals surface area contributed by atoms with Crippen molar-refractivity contribution in [3.8, 4) is 23.8 Å². The molecule has 0 unspecified atom stereocenters. The fraction of sp³-hybridized carbons (Fsp3) is 0.429. The predicted molar refractivity (Wildman–Crippen MR) is 69.3 cm³/mol. The lowest BCUT2D eigenvalue weighted by atomic mass is 10.1. The summed E-state index contributed by atoms with van der Waals surface area (Å²) in [6.45, 7) is 1.22. The molecule has 3 heteroatoms. The standard InChI is InChI=1S/C14H19NO2/c1-3-4-5-10-17-14-11-13(16-2)7-6-12(14)8-9-15/h1,6-7,11H,4-5,8-10,15H2,2H3. The summed E-state index contributed by atoms with van der Waals surface area (Å²) in [4.78, 5) is 0. The molecule has 2 N–H and O–H groups in total. The maximum atomic E-state index is 5.70. The zero-order valence-corrected chi connectivity index (χ0v) is 10.2. The Kier molecular flexibility index (Phi) is 5.98. The molecule has 0 bridgehead atoms. The zero-order valence-electron chi connectivity index (χ0n) is 10.2. The van der Waals surface area contributed by atoms with Crippen molar-refractivity contribution < 1.29 is 9.47 Å². The van der Waals surface area contributed by atoms with Gasteiger partial charge < -0.3 is 15.2 Å². The van der Waals surface area contributed by atoms with Crippen LogP contribution in [-0.2, 0) is 6.42 Å². The first-order chi connectivity index (χ1) is 8.31. The minimum absolute atomic E-state index is 0.604. The van der Waals surface area contributed by atoms with Crippen molar-refractivity contribution in [1.82, 2.24) is 0 Å². The van der Waals surface area contributed by atoms with Gasteiger partial charge in [-0.15, -0.1) is 12.3 Å². The van der Waals surface area contributed by atoms with Gasteiger partial charge in [-0.1, -0.05) is 6.07 Å². The van der Waals surface area contributed by atoms with E-state index in [-0.39, 0.29) is 0 Å². The van der Waals surface area contributed by atoms with Crippen molar-refractivity contribution in [2.45, 2.75) is 19.3 Å². The topological polar surface area (TPSA) is 44.5 Å². The number of terminal acetylenes is 1. The molecule has 0 atom stereocenters. The lowest BCUT2D eigenvalue weighted by Gasteiger charge is -2.12. The molecule has 0 saturated heterocycles. The van der Waals surface area contributed by atoms with E-state index in [1.54, 1.807) is 7.11 Å². The van der Waals surface area contributed by atoms with Crippen LogP contribution < -0.4 is 15.2 Å². The van der Waals surface area contributed by atoms with Gasteiger partial charge in [-0.05, 0) is 31.0 Å². The summed E-state index contributed by atoms with van der Waals surface area (Å²) >= 11 is 0. The summed E-state index contributed by atoms with van der Waals surface area (Å²) in [5, 5.41) is 0. The number of hydrogen-bond acceptors (Lipinski definition) is 3. The highest BCUT2D eigenvalue weighted by Gasteiger charge is 2.05. The van der Waals surface area contributed by atoms with Crippen LogP contribution in [0.3, 0.4) is 0 Å². The normalized spacial score (nSPS) is 9.71. The molecule has 0 radical (unpaired) electrons. The van der Waals surface area contributed by atoms with E-state index in [1.807, 2.05) is 18.2 Å². The Morgan fingerprint density at radius 2 is 2.24 bits per heavy atom. The summed E-state index contributed by atoms with van der Waals surface area (Å²) in [6.07, 6.45) is 7.58. The predicted octanol–water partition coefficient (Wildman–Crippen LogP) is 1.99. The number of unbranched alkanes of at least 4 members (excludes halogenated alkanes) is 1. The summed E-state index contributed by atoms with van der Waals surface area (Å²) in [5.74, 6) is 4.22. The number of nitrogens with two attached hydrogens (primary N) is 1. The third-order valence-electron chi connectivity index (χ3n) is 2.41. The highest BCUT2D eigenvalue weighted by atomic mass is 16.5. The molecule has 0 aliphatic carbocycles. The second-order valence-corrected chi connectivity index (χ2v) is 3.67. The first-order valence-electron chi connectivity index (χ1n) is 5.75. The van der Waals surface area contributed by atoms with Gasteiger partial charge in [0.2, 0.25) is 0 Å². The number of methoxy groups -OCH3 is 1. The van der Waals surface area contributed by atoms with E-state index in [4.69, 9.17) is 21.6 Å². The van der Waals surface area contributed by atoms with Crippen LogP contribution in [0.2, 0.25) is 0 Å². The van der Waals surface area contributed by atoms with E-state index in [0.717, 1.165) is 36.3 Å². The molecule has 0 aliphatic rings. The van der Waals surface area contributed by atoms with Gasteiger partial charge in [0.15, 0.2) is 0 Å². The van der Waals surface area contributed by atoms with Crippen LogP contribution >= 0.6 is 0 Å². The maximum absolute atomic E-state index is 5.70. The van der Waals surface area contributed by atoms with Crippen molar-refractivity contribution in [2.75, 3.05) is 20.3 Å². The Balaban J connectivity index is 2.68. The second kappa shape index (κ2) is 7.59. The number of hydrogen-bond donors (Lipinski definition) is 1. The molecular weight excluding hydrogens is 214 g/mol. The van der Waals surface area contributed by atoms with Gasteiger partial charge >= 0.3 is 0 Å². The van der Waals surface area contributed by atoms with Gasteiger partial charge in [0, 0.05) is 12.5 Å². The van der Waals surface area contributed by atoms with Crippen molar-refractivity contribution in [2.24, 2.45) is 5.73 Å². The lowest BCUT2D eigenvalue weighted by molar-refractivity contribution is 0.307. The summed E-state index contributed by atoms with van der Waals surface area (Å²) in [5.41, 5.74) is 6.67. The first-order valence-corrected chi connectivity index (χ1v) is 5.75. The Morgan fingerprint density at radius 1 is 1.41 bits per heavy atom.